The summed E-state index contributed by atoms with van der Waals surface area (Å²) in [5.74, 6) is 4.65. The van der Waals surface area contributed by atoms with E-state index in [4.69, 9.17) is 9.47 Å². The molecule has 24 heavy (non-hydrogen) atoms. The van der Waals surface area contributed by atoms with Crippen LogP contribution >= 0.6 is 12.4 Å². The Labute approximate surface area is 151 Å². The van der Waals surface area contributed by atoms with Gasteiger partial charge in [0, 0.05) is 12.1 Å². The standard InChI is InChI=1S/C20H29NO2.ClH/c1-3-23-19-9-14(4-5-18(19)22-2)13-21-20-10-15-6-16(11-20)8-17(7-15)12-20;/h4-5,9,15-17,21H,3,6-8,10-13H2,1-2H3;1H. The van der Waals surface area contributed by atoms with Crippen LogP contribution < -0.4 is 14.8 Å². The molecule has 4 bridgehead atoms. The monoisotopic (exact) mass is 351 g/mol. The molecule has 4 aliphatic carbocycles. The smallest absolute Gasteiger partial charge is 0.161 e. The highest BCUT2D eigenvalue weighted by Gasteiger charge is 2.50. The minimum atomic E-state index is 0. The van der Waals surface area contributed by atoms with Crippen LogP contribution in [-0.2, 0) is 6.54 Å². The number of nitrogens with one attached hydrogen (secondary N) is 1. The van der Waals surface area contributed by atoms with E-state index in [1.165, 1.54) is 44.1 Å². The number of rotatable bonds is 6. The van der Waals surface area contributed by atoms with Crippen molar-refractivity contribution in [1.82, 2.24) is 5.32 Å². The van der Waals surface area contributed by atoms with Crippen LogP contribution in [0.4, 0.5) is 0 Å². The average Bonchev–Trinajstić information content (AvgIpc) is 2.52. The van der Waals surface area contributed by atoms with Crippen LogP contribution in [0.5, 0.6) is 11.5 Å². The fourth-order valence-electron chi connectivity index (χ4n) is 5.72. The fraction of sp³-hybridized carbons (Fsp3) is 0.700. The zero-order chi connectivity index (χ0) is 15.9. The molecule has 134 valence electrons. The van der Waals surface area contributed by atoms with Crippen LogP contribution in [0, 0.1) is 17.8 Å². The van der Waals surface area contributed by atoms with Gasteiger partial charge in [0.05, 0.1) is 13.7 Å². The molecule has 0 saturated heterocycles. The Balaban J connectivity index is 0.00000169. The maximum Gasteiger partial charge on any atom is 0.161 e. The van der Waals surface area contributed by atoms with Crippen LogP contribution in [0.2, 0.25) is 0 Å². The molecule has 4 fully saturated rings. The summed E-state index contributed by atoms with van der Waals surface area (Å²) in [5.41, 5.74) is 1.71. The molecule has 0 spiro atoms. The molecule has 0 heterocycles. The second-order valence-corrected chi connectivity index (χ2v) is 7.97. The van der Waals surface area contributed by atoms with Gasteiger partial charge in [-0.1, -0.05) is 6.07 Å². The molecule has 5 rings (SSSR count). The molecule has 1 aromatic carbocycles. The van der Waals surface area contributed by atoms with E-state index in [9.17, 15) is 0 Å². The minimum absolute atomic E-state index is 0. The Morgan fingerprint density at radius 2 is 1.67 bits per heavy atom. The summed E-state index contributed by atoms with van der Waals surface area (Å²) >= 11 is 0. The van der Waals surface area contributed by atoms with Gasteiger partial charge in [0.15, 0.2) is 11.5 Å². The van der Waals surface area contributed by atoms with Crippen LogP contribution in [0.15, 0.2) is 18.2 Å². The number of hydrogen-bond acceptors (Lipinski definition) is 3. The van der Waals surface area contributed by atoms with Gasteiger partial charge in [0.2, 0.25) is 0 Å². The maximum absolute atomic E-state index is 5.71. The van der Waals surface area contributed by atoms with E-state index < -0.39 is 0 Å². The van der Waals surface area contributed by atoms with Gasteiger partial charge in [0.1, 0.15) is 0 Å². The third-order valence-electron chi connectivity index (χ3n) is 6.23. The topological polar surface area (TPSA) is 30.5 Å². The van der Waals surface area contributed by atoms with Crippen LogP contribution in [0.25, 0.3) is 0 Å². The van der Waals surface area contributed by atoms with Gasteiger partial charge in [-0.25, -0.2) is 0 Å². The zero-order valence-electron chi connectivity index (χ0n) is 14.8. The molecule has 0 amide bonds. The Bertz CT molecular complexity index is 539. The van der Waals surface area contributed by atoms with E-state index in [2.05, 4.69) is 17.4 Å². The maximum atomic E-state index is 5.71. The van der Waals surface area contributed by atoms with Crippen molar-refractivity contribution in [3.05, 3.63) is 23.8 Å². The van der Waals surface area contributed by atoms with Crippen molar-refractivity contribution in [2.24, 2.45) is 17.8 Å². The van der Waals surface area contributed by atoms with Crippen molar-refractivity contribution in [3.63, 3.8) is 0 Å². The molecule has 0 atom stereocenters. The van der Waals surface area contributed by atoms with Gasteiger partial charge in [0.25, 0.3) is 0 Å². The minimum Gasteiger partial charge on any atom is -0.493 e. The number of halogens is 1. The van der Waals surface area contributed by atoms with E-state index in [0.29, 0.717) is 12.1 Å². The highest BCUT2D eigenvalue weighted by Crippen LogP contribution is 2.55. The van der Waals surface area contributed by atoms with Crippen molar-refractivity contribution < 1.29 is 9.47 Å². The SMILES string of the molecule is CCOc1cc(CNC23CC4CC(CC(C4)C2)C3)ccc1OC.Cl. The summed E-state index contributed by atoms with van der Waals surface area (Å²) in [6, 6.07) is 6.33. The van der Waals surface area contributed by atoms with Gasteiger partial charge in [-0.15, -0.1) is 12.4 Å². The van der Waals surface area contributed by atoms with Gasteiger partial charge < -0.3 is 14.8 Å². The van der Waals surface area contributed by atoms with Gasteiger partial charge in [-0.3, -0.25) is 0 Å². The first-order valence-corrected chi connectivity index (χ1v) is 9.24. The fourth-order valence-corrected chi connectivity index (χ4v) is 5.72. The van der Waals surface area contributed by atoms with Crippen molar-refractivity contribution in [2.45, 2.75) is 57.5 Å². The van der Waals surface area contributed by atoms with Crippen LogP contribution in [-0.4, -0.2) is 19.3 Å². The van der Waals surface area contributed by atoms with E-state index in [1.54, 1.807) is 7.11 Å². The number of ether oxygens (including phenoxy) is 2. The molecule has 1 N–H and O–H groups in total. The Morgan fingerprint density at radius 3 is 2.21 bits per heavy atom. The molecular formula is C20H30ClNO2. The lowest BCUT2D eigenvalue weighted by Crippen LogP contribution is -2.58. The molecule has 4 saturated carbocycles. The first-order valence-electron chi connectivity index (χ1n) is 9.24. The average molecular weight is 352 g/mol. The van der Waals surface area contributed by atoms with E-state index in [1.807, 2.05) is 13.0 Å². The molecule has 0 radical (unpaired) electrons. The number of benzene rings is 1. The normalized spacial score (nSPS) is 33.2. The third kappa shape index (κ3) is 3.39. The lowest BCUT2D eigenvalue weighted by atomic mass is 9.53. The first-order chi connectivity index (χ1) is 11.2. The Morgan fingerprint density at radius 1 is 1.04 bits per heavy atom. The molecule has 4 heteroatoms. The lowest BCUT2D eigenvalue weighted by Gasteiger charge is -2.57. The highest BCUT2D eigenvalue weighted by molar-refractivity contribution is 5.85. The summed E-state index contributed by atoms with van der Waals surface area (Å²) in [4.78, 5) is 0. The molecule has 0 unspecified atom stereocenters. The summed E-state index contributed by atoms with van der Waals surface area (Å²) in [6.45, 7) is 3.62. The predicted octanol–water partition coefficient (Wildman–Crippen LogP) is 4.57. The highest BCUT2D eigenvalue weighted by atomic mass is 35.5. The quantitative estimate of drug-likeness (QED) is 0.814. The summed E-state index contributed by atoms with van der Waals surface area (Å²) in [6.07, 6.45) is 8.68. The van der Waals surface area contributed by atoms with Gasteiger partial charge in [-0.05, 0) is 80.9 Å². The zero-order valence-corrected chi connectivity index (χ0v) is 15.7. The van der Waals surface area contributed by atoms with Gasteiger partial charge in [-0.2, -0.15) is 0 Å². The van der Waals surface area contributed by atoms with Crippen molar-refractivity contribution >= 4 is 12.4 Å². The van der Waals surface area contributed by atoms with Crippen molar-refractivity contribution in [1.29, 1.82) is 0 Å². The summed E-state index contributed by atoms with van der Waals surface area (Å²) in [5, 5.41) is 3.95. The second-order valence-electron chi connectivity index (χ2n) is 7.97. The second kappa shape index (κ2) is 7.13. The molecular weight excluding hydrogens is 322 g/mol. The number of methoxy groups -OCH3 is 1. The van der Waals surface area contributed by atoms with Crippen LogP contribution in [0.1, 0.15) is 51.0 Å². The third-order valence-corrected chi connectivity index (χ3v) is 6.23. The lowest BCUT2D eigenvalue weighted by molar-refractivity contribution is -0.0206. The Kier molecular flexibility index (Phi) is 5.31. The molecule has 0 aromatic heterocycles. The molecule has 1 aromatic rings. The summed E-state index contributed by atoms with van der Waals surface area (Å²) in [7, 11) is 1.70. The van der Waals surface area contributed by atoms with E-state index in [0.717, 1.165) is 35.8 Å². The van der Waals surface area contributed by atoms with E-state index in [-0.39, 0.29) is 12.4 Å². The van der Waals surface area contributed by atoms with Gasteiger partial charge >= 0.3 is 0 Å². The molecule has 0 aliphatic heterocycles. The first kappa shape index (κ1) is 17.9. The van der Waals surface area contributed by atoms with Crippen LogP contribution in [0.3, 0.4) is 0 Å². The number of hydrogen-bond donors (Lipinski definition) is 1. The predicted molar refractivity (Wildman–Crippen MR) is 99.2 cm³/mol. The van der Waals surface area contributed by atoms with Crippen molar-refractivity contribution in [3.8, 4) is 11.5 Å². The summed E-state index contributed by atoms with van der Waals surface area (Å²) < 4.78 is 11.1. The largest absolute Gasteiger partial charge is 0.493 e. The van der Waals surface area contributed by atoms with E-state index >= 15 is 0 Å². The Hall–Kier alpha value is -0.930. The van der Waals surface area contributed by atoms with Crippen molar-refractivity contribution in [2.75, 3.05) is 13.7 Å². The molecule has 4 aliphatic rings. The molecule has 3 nitrogen and oxygen atoms in total.